The van der Waals surface area contributed by atoms with Crippen LogP contribution in [0.4, 0.5) is 5.69 Å². The lowest BCUT2D eigenvalue weighted by atomic mass is 10.3. The van der Waals surface area contributed by atoms with Gasteiger partial charge in [-0.1, -0.05) is 0 Å². The summed E-state index contributed by atoms with van der Waals surface area (Å²) in [6.45, 7) is 0.898. The second-order valence-electron chi connectivity index (χ2n) is 3.73. The number of non-ortho nitro benzene ring substituents is 1. The fourth-order valence-corrected chi connectivity index (χ4v) is 1.42. The smallest absolute Gasteiger partial charge is 0.273 e. The average molecular weight is 291 g/mol. The largest absolute Gasteiger partial charge is 0.493 e. The van der Waals surface area contributed by atoms with E-state index < -0.39 is 20.3 Å². The van der Waals surface area contributed by atoms with Crippen LogP contribution in [0.2, 0.25) is 0 Å². The summed E-state index contributed by atoms with van der Waals surface area (Å²) in [7, 11) is -2.87. The molecule has 8 nitrogen and oxygen atoms in total. The summed E-state index contributed by atoms with van der Waals surface area (Å²) in [6, 6.07) is 3.69. The first kappa shape index (κ1) is 15.2. The maximum atomic E-state index is 10.8. The van der Waals surface area contributed by atoms with Crippen molar-refractivity contribution in [3.63, 3.8) is 0 Å². The van der Waals surface area contributed by atoms with Gasteiger partial charge in [-0.05, 0) is 13.0 Å². The minimum atomic E-state index is -4.22. The van der Waals surface area contributed by atoms with Crippen LogP contribution in [0.1, 0.15) is 6.92 Å². The standard InChI is InChI=1S/C10H13NO7S/c1-7(19(14,15)16)6-18-10-5-8(11(12)13)3-4-9(10)17-2/h3-5,7H,6H2,1-2H3,(H,14,15,16). The third-order valence-corrected chi connectivity index (χ3v) is 3.49. The Hall–Kier alpha value is -1.87. The normalized spacial score (nSPS) is 12.8. The van der Waals surface area contributed by atoms with Gasteiger partial charge in [0.2, 0.25) is 0 Å². The van der Waals surface area contributed by atoms with Crippen LogP contribution < -0.4 is 9.47 Å². The molecule has 0 heterocycles. The molecule has 0 spiro atoms. The van der Waals surface area contributed by atoms with Crippen LogP contribution in [-0.2, 0) is 10.1 Å². The van der Waals surface area contributed by atoms with Gasteiger partial charge in [-0.3, -0.25) is 14.7 Å². The SMILES string of the molecule is COc1ccc([N+](=O)[O-])cc1OCC(C)S(=O)(=O)O. The molecule has 1 unspecified atom stereocenters. The molecule has 9 heteroatoms. The summed E-state index contributed by atoms with van der Waals surface area (Å²) in [6.07, 6.45) is 0. The van der Waals surface area contributed by atoms with Gasteiger partial charge in [-0.25, -0.2) is 0 Å². The highest BCUT2D eigenvalue weighted by Gasteiger charge is 2.20. The molecule has 19 heavy (non-hydrogen) atoms. The van der Waals surface area contributed by atoms with Crippen LogP contribution in [-0.4, -0.2) is 36.9 Å². The monoisotopic (exact) mass is 291 g/mol. The number of nitrogens with zero attached hydrogens (tertiary/aromatic N) is 1. The summed E-state index contributed by atoms with van der Waals surface area (Å²) < 4.78 is 40.5. The number of rotatable bonds is 6. The van der Waals surface area contributed by atoms with Gasteiger partial charge < -0.3 is 9.47 Å². The average Bonchev–Trinajstić information content (AvgIpc) is 2.34. The third kappa shape index (κ3) is 4.07. The van der Waals surface area contributed by atoms with Crippen LogP contribution in [0.15, 0.2) is 18.2 Å². The molecule has 1 aromatic rings. The van der Waals surface area contributed by atoms with E-state index in [2.05, 4.69) is 0 Å². The maximum Gasteiger partial charge on any atom is 0.273 e. The highest BCUT2D eigenvalue weighted by Crippen LogP contribution is 2.31. The Balaban J connectivity index is 2.93. The van der Waals surface area contributed by atoms with Gasteiger partial charge in [0, 0.05) is 6.07 Å². The molecule has 1 N–H and O–H groups in total. The fraction of sp³-hybridized carbons (Fsp3) is 0.400. The van der Waals surface area contributed by atoms with Gasteiger partial charge in [0.1, 0.15) is 11.9 Å². The highest BCUT2D eigenvalue weighted by atomic mass is 32.2. The lowest BCUT2D eigenvalue weighted by Crippen LogP contribution is -2.24. The first-order chi connectivity index (χ1) is 8.75. The van der Waals surface area contributed by atoms with Crippen LogP contribution in [0.25, 0.3) is 0 Å². The van der Waals surface area contributed by atoms with Crippen molar-refractivity contribution >= 4 is 15.8 Å². The Morgan fingerprint density at radius 2 is 2.05 bits per heavy atom. The van der Waals surface area contributed by atoms with Gasteiger partial charge in [0.15, 0.2) is 11.5 Å². The summed E-state index contributed by atoms with van der Waals surface area (Å²) in [4.78, 5) is 10.0. The number of hydrogen-bond donors (Lipinski definition) is 1. The molecule has 0 radical (unpaired) electrons. The lowest BCUT2D eigenvalue weighted by Gasteiger charge is -2.12. The topological polar surface area (TPSA) is 116 Å². The first-order valence-electron chi connectivity index (χ1n) is 5.17. The number of nitro groups is 1. The van der Waals surface area contributed by atoms with E-state index in [4.69, 9.17) is 14.0 Å². The van der Waals surface area contributed by atoms with Crippen LogP contribution in [0.3, 0.4) is 0 Å². The van der Waals surface area contributed by atoms with E-state index in [0.29, 0.717) is 0 Å². The number of hydrogen-bond acceptors (Lipinski definition) is 6. The first-order valence-corrected chi connectivity index (χ1v) is 6.67. The Bertz CT molecular complexity index is 569. The van der Waals surface area contributed by atoms with Gasteiger partial charge in [0.05, 0.1) is 18.1 Å². The van der Waals surface area contributed by atoms with E-state index in [1.54, 1.807) is 0 Å². The van der Waals surface area contributed by atoms with Crippen LogP contribution in [0.5, 0.6) is 11.5 Å². The van der Waals surface area contributed by atoms with Crippen molar-refractivity contribution in [3.05, 3.63) is 28.3 Å². The summed E-state index contributed by atoms with van der Waals surface area (Å²) in [5.74, 6) is 0.264. The second kappa shape index (κ2) is 5.85. The number of methoxy groups -OCH3 is 1. The number of benzene rings is 1. The van der Waals surface area contributed by atoms with Crippen molar-refractivity contribution < 1.29 is 27.4 Å². The van der Waals surface area contributed by atoms with E-state index in [1.807, 2.05) is 0 Å². The van der Waals surface area contributed by atoms with E-state index in [-0.39, 0.29) is 23.8 Å². The Labute approximate surface area is 109 Å². The molecule has 1 atom stereocenters. The molecule has 1 aromatic carbocycles. The predicted octanol–water partition coefficient (Wildman–Crippen LogP) is 1.26. The van der Waals surface area contributed by atoms with Crippen LogP contribution in [0, 0.1) is 10.1 Å². The minimum Gasteiger partial charge on any atom is -0.493 e. The van der Waals surface area contributed by atoms with Crippen molar-refractivity contribution in [1.82, 2.24) is 0 Å². The molecule has 0 aliphatic heterocycles. The van der Waals surface area contributed by atoms with Gasteiger partial charge in [0.25, 0.3) is 15.8 Å². The molecule has 0 amide bonds. The van der Waals surface area contributed by atoms with E-state index in [1.165, 1.54) is 26.2 Å². The lowest BCUT2D eigenvalue weighted by molar-refractivity contribution is -0.385. The molecule has 0 aromatic heterocycles. The van der Waals surface area contributed by atoms with E-state index in [9.17, 15) is 18.5 Å². The molecule has 106 valence electrons. The summed E-state index contributed by atoms with van der Waals surface area (Å²) in [5, 5.41) is 9.47. The van der Waals surface area contributed by atoms with E-state index >= 15 is 0 Å². The van der Waals surface area contributed by atoms with Crippen molar-refractivity contribution in [3.8, 4) is 11.5 Å². The van der Waals surface area contributed by atoms with Crippen molar-refractivity contribution in [1.29, 1.82) is 0 Å². The molecule has 0 aliphatic carbocycles. The van der Waals surface area contributed by atoms with Crippen molar-refractivity contribution in [2.24, 2.45) is 0 Å². The zero-order valence-corrected chi connectivity index (χ0v) is 11.1. The van der Waals surface area contributed by atoms with Gasteiger partial charge in [-0.2, -0.15) is 8.42 Å². The summed E-state index contributed by atoms with van der Waals surface area (Å²) >= 11 is 0. The Morgan fingerprint density at radius 3 is 2.53 bits per heavy atom. The molecular weight excluding hydrogens is 278 g/mol. The summed E-state index contributed by atoms with van der Waals surface area (Å²) in [5.41, 5.74) is -0.213. The number of nitro benzene ring substituents is 1. The minimum absolute atomic E-state index is 0.0344. The predicted molar refractivity (Wildman–Crippen MR) is 66.2 cm³/mol. The molecule has 0 saturated heterocycles. The van der Waals surface area contributed by atoms with Gasteiger partial charge >= 0.3 is 0 Å². The molecule has 0 bridgehead atoms. The highest BCUT2D eigenvalue weighted by molar-refractivity contribution is 7.86. The van der Waals surface area contributed by atoms with Crippen molar-refractivity contribution in [2.45, 2.75) is 12.2 Å². The third-order valence-electron chi connectivity index (χ3n) is 2.34. The molecule has 0 saturated carbocycles. The number of ether oxygens (including phenoxy) is 2. The molecule has 1 rings (SSSR count). The molecule has 0 fully saturated rings. The van der Waals surface area contributed by atoms with Gasteiger partial charge in [-0.15, -0.1) is 0 Å². The Morgan fingerprint density at radius 1 is 1.42 bits per heavy atom. The van der Waals surface area contributed by atoms with E-state index in [0.717, 1.165) is 6.07 Å². The maximum absolute atomic E-state index is 10.8. The van der Waals surface area contributed by atoms with Crippen LogP contribution >= 0.6 is 0 Å². The second-order valence-corrected chi connectivity index (χ2v) is 5.56. The van der Waals surface area contributed by atoms with Crippen molar-refractivity contribution in [2.75, 3.05) is 13.7 Å². The fourth-order valence-electron chi connectivity index (χ4n) is 1.18. The molecule has 0 aliphatic rings. The zero-order valence-electron chi connectivity index (χ0n) is 10.3. The zero-order chi connectivity index (χ0) is 14.6. The quantitative estimate of drug-likeness (QED) is 0.476. The Kier molecular flexibility index (Phi) is 4.67. The molecular formula is C10H13NO7S.